The molecule has 0 aliphatic heterocycles. The first-order valence-corrected chi connectivity index (χ1v) is 7.64. The minimum atomic E-state index is -3.90. The van der Waals surface area contributed by atoms with Crippen molar-refractivity contribution in [3.05, 3.63) is 40.6 Å². The molecule has 2 aromatic rings. The average Bonchev–Trinajstić information content (AvgIpc) is 2.84. The molecule has 0 amide bonds. The molecule has 0 fully saturated rings. The van der Waals surface area contributed by atoms with Gasteiger partial charge in [-0.1, -0.05) is 17.4 Å². The molecule has 10 heteroatoms. The maximum atomic E-state index is 12.1. The van der Waals surface area contributed by atoms with Crippen molar-refractivity contribution in [3.63, 3.8) is 0 Å². The Balaban J connectivity index is 2.37. The zero-order valence-corrected chi connectivity index (χ0v) is 11.9. The number of nitro groups is 1. The molecule has 0 aliphatic carbocycles. The lowest BCUT2D eigenvalue weighted by Crippen LogP contribution is -2.12. The maximum Gasteiger partial charge on any atom is 0.304 e. The molecule has 0 aromatic carbocycles. The Kier molecular flexibility index (Phi) is 3.86. The van der Waals surface area contributed by atoms with Crippen LogP contribution in [0.25, 0.3) is 0 Å². The number of sulfonamides is 1. The Bertz CT molecular complexity index is 727. The second kappa shape index (κ2) is 5.43. The van der Waals surface area contributed by atoms with E-state index in [0.717, 1.165) is 17.4 Å². The van der Waals surface area contributed by atoms with E-state index < -0.39 is 14.9 Å². The fourth-order valence-corrected chi connectivity index (χ4v) is 3.71. The first kappa shape index (κ1) is 14.2. The van der Waals surface area contributed by atoms with E-state index in [1.807, 2.05) is 0 Å². The Morgan fingerprint density at radius 2 is 2.15 bits per heavy atom. The topological polar surface area (TPSA) is 114 Å². The van der Waals surface area contributed by atoms with Gasteiger partial charge in [0.15, 0.2) is 5.00 Å². The van der Waals surface area contributed by atoms with Crippen molar-refractivity contribution >= 4 is 37.9 Å². The lowest BCUT2D eigenvalue weighted by molar-refractivity contribution is -0.383. The van der Waals surface area contributed by atoms with E-state index >= 15 is 0 Å². The highest BCUT2D eigenvalue weighted by atomic mass is 32.2. The van der Waals surface area contributed by atoms with E-state index in [1.54, 1.807) is 12.1 Å². The fraction of sp³-hybridized carbons (Fsp3) is 0.100. The molecule has 2 N–H and O–H groups in total. The molecule has 0 saturated carbocycles. The number of hydrogen-bond donors (Lipinski definition) is 2. The van der Waals surface area contributed by atoms with E-state index in [1.165, 1.54) is 19.3 Å². The highest BCUT2D eigenvalue weighted by Crippen LogP contribution is 2.37. The van der Waals surface area contributed by atoms with Crippen molar-refractivity contribution in [1.29, 1.82) is 0 Å². The van der Waals surface area contributed by atoms with Crippen molar-refractivity contribution < 1.29 is 13.3 Å². The normalized spacial score (nSPS) is 11.1. The molecule has 0 radical (unpaired) electrons. The summed E-state index contributed by atoms with van der Waals surface area (Å²) in [6, 6.07) is 5.77. The van der Waals surface area contributed by atoms with Gasteiger partial charge in [-0.2, -0.15) is 0 Å². The number of thiophene rings is 1. The quantitative estimate of drug-likeness (QED) is 0.643. The molecule has 106 valence electrons. The molecule has 0 aliphatic rings. The van der Waals surface area contributed by atoms with Crippen molar-refractivity contribution in [3.8, 4) is 0 Å². The molecular weight excluding hydrogens is 304 g/mol. The first-order valence-electron chi connectivity index (χ1n) is 5.34. The summed E-state index contributed by atoms with van der Waals surface area (Å²) in [6.45, 7) is 0. The summed E-state index contributed by atoms with van der Waals surface area (Å²) in [5.74, 6) is 0.148. The van der Waals surface area contributed by atoms with E-state index in [-0.39, 0.29) is 20.7 Å². The smallest absolute Gasteiger partial charge is 0.304 e. The summed E-state index contributed by atoms with van der Waals surface area (Å²) in [5.41, 5.74) is -0.279. The summed E-state index contributed by atoms with van der Waals surface area (Å²) >= 11 is 0.783. The van der Waals surface area contributed by atoms with Gasteiger partial charge in [-0.05, 0) is 12.1 Å². The molecule has 0 spiro atoms. The van der Waals surface area contributed by atoms with Gasteiger partial charge in [-0.15, -0.1) is 0 Å². The van der Waals surface area contributed by atoms with Crippen molar-refractivity contribution in [2.45, 2.75) is 4.21 Å². The van der Waals surface area contributed by atoms with Gasteiger partial charge in [-0.3, -0.25) is 14.8 Å². The van der Waals surface area contributed by atoms with E-state index in [0.29, 0.717) is 0 Å². The second-order valence-corrected chi connectivity index (χ2v) is 6.57. The van der Waals surface area contributed by atoms with Crippen LogP contribution in [0.1, 0.15) is 0 Å². The molecule has 20 heavy (non-hydrogen) atoms. The Hall–Kier alpha value is -2.20. The minimum absolute atomic E-state index is 0.148. The van der Waals surface area contributed by atoms with Gasteiger partial charge in [0.1, 0.15) is 10.0 Å². The lowest BCUT2D eigenvalue weighted by atomic mass is 10.5. The van der Waals surface area contributed by atoms with Gasteiger partial charge in [0.2, 0.25) is 0 Å². The van der Waals surface area contributed by atoms with E-state index in [2.05, 4.69) is 15.0 Å². The molecule has 2 heterocycles. The number of nitrogens with zero attached hydrogens (tertiary/aromatic N) is 2. The number of rotatable bonds is 5. The molecular formula is C10H10N4O4S2. The van der Waals surface area contributed by atoms with Crippen LogP contribution in [0.3, 0.4) is 0 Å². The average molecular weight is 314 g/mol. The highest BCUT2D eigenvalue weighted by Gasteiger charge is 2.25. The van der Waals surface area contributed by atoms with Crippen molar-refractivity contribution in [2.24, 2.45) is 0 Å². The summed E-state index contributed by atoms with van der Waals surface area (Å²) in [6.07, 6.45) is 1.44. The Morgan fingerprint density at radius 1 is 1.40 bits per heavy atom. The van der Waals surface area contributed by atoms with Crippen molar-refractivity contribution in [2.75, 3.05) is 17.1 Å². The third-order valence-electron chi connectivity index (χ3n) is 2.28. The fourth-order valence-electron chi connectivity index (χ4n) is 1.42. The summed E-state index contributed by atoms with van der Waals surface area (Å²) < 4.78 is 26.3. The number of aromatic nitrogens is 1. The minimum Gasteiger partial charge on any atom is -0.374 e. The lowest BCUT2D eigenvalue weighted by Gasteiger charge is -2.03. The van der Waals surface area contributed by atoms with Gasteiger partial charge < -0.3 is 5.32 Å². The largest absolute Gasteiger partial charge is 0.374 e. The summed E-state index contributed by atoms with van der Waals surface area (Å²) in [5, 5.41) is 13.6. The summed E-state index contributed by atoms with van der Waals surface area (Å²) in [4.78, 5) is 14.0. The third kappa shape index (κ3) is 2.86. The van der Waals surface area contributed by atoms with Crippen LogP contribution in [0, 0.1) is 10.1 Å². The molecule has 2 aromatic heterocycles. The van der Waals surface area contributed by atoms with E-state index in [9.17, 15) is 18.5 Å². The van der Waals surface area contributed by atoms with Gasteiger partial charge >= 0.3 is 5.69 Å². The standard InChI is InChI=1S/C10H10N4O4S2/c1-11-10-7(14(15)16)6-9(19-10)20(17,18)13-8-4-2-3-5-12-8/h2-6,11H,1H3,(H,12,13). The molecule has 0 bridgehead atoms. The molecule has 8 nitrogen and oxygen atoms in total. The predicted octanol–water partition coefficient (Wildman–Crippen LogP) is 1.89. The second-order valence-electron chi connectivity index (χ2n) is 3.61. The number of anilines is 2. The van der Waals surface area contributed by atoms with Crippen LogP contribution < -0.4 is 10.0 Å². The zero-order valence-electron chi connectivity index (χ0n) is 10.2. The zero-order chi connectivity index (χ0) is 14.8. The maximum absolute atomic E-state index is 12.1. The monoisotopic (exact) mass is 314 g/mol. The van der Waals surface area contributed by atoms with Crippen LogP contribution in [0.2, 0.25) is 0 Å². The van der Waals surface area contributed by atoms with Crippen LogP contribution >= 0.6 is 11.3 Å². The highest BCUT2D eigenvalue weighted by molar-refractivity contribution is 7.94. The summed E-state index contributed by atoms with van der Waals surface area (Å²) in [7, 11) is -2.41. The van der Waals surface area contributed by atoms with Crippen LogP contribution in [0.4, 0.5) is 16.5 Å². The number of pyridine rings is 1. The molecule has 0 saturated heterocycles. The SMILES string of the molecule is CNc1sc(S(=O)(=O)Nc2ccccn2)cc1[N+](=O)[O-]. The van der Waals surface area contributed by atoms with Gasteiger partial charge in [-0.25, -0.2) is 13.4 Å². The van der Waals surface area contributed by atoms with Gasteiger partial charge in [0.05, 0.1) is 4.92 Å². The third-order valence-corrected chi connectivity index (χ3v) is 5.25. The van der Waals surface area contributed by atoms with Crippen molar-refractivity contribution in [1.82, 2.24) is 4.98 Å². The van der Waals surface area contributed by atoms with Crippen LogP contribution in [0.15, 0.2) is 34.7 Å². The predicted molar refractivity (Wildman–Crippen MR) is 75.6 cm³/mol. The van der Waals surface area contributed by atoms with E-state index in [4.69, 9.17) is 0 Å². The molecule has 2 rings (SSSR count). The Labute approximate surface area is 118 Å². The van der Waals surface area contributed by atoms with Crippen LogP contribution in [-0.4, -0.2) is 25.4 Å². The Morgan fingerprint density at radius 3 is 2.65 bits per heavy atom. The number of hydrogen-bond acceptors (Lipinski definition) is 7. The van der Waals surface area contributed by atoms with Crippen LogP contribution in [-0.2, 0) is 10.0 Å². The molecule has 0 atom stereocenters. The first-order chi connectivity index (χ1) is 9.44. The number of nitrogens with one attached hydrogen (secondary N) is 2. The van der Waals surface area contributed by atoms with Crippen LogP contribution in [0.5, 0.6) is 0 Å². The van der Waals surface area contributed by atoms with Gasteiger partial charge in [0, 0.05) is 19.3 Å². The molecule has 0 unspecified atom stereocenters. The van der Waals surface area contributed by atoms with Gasteiger partial charge in [0.25, 0.3) is 10.0 Å².